The first kappa shape index (κ1) is 15.3. The topological polar surface area (TPSA) is 6.48 Å². The van der Waals surface area contributed by atoms with Gasteiger partial charge < -0.3 is 9.80 Å². The quantitative estimate of drug-likeness (QED) is 0.767. The van der Waals surface area contributed by atoms with Crippen LogP contribution in [-0.4, -0.2) is 48.6 Å². The van der Waals surface area contributed by atoms with Crippen molar-refractivity contribution in [2.45, 2.75) is 66.3 Å². The fourth-order valence-corrected chi connectivity index (χ4v) is 4.17. The molecule has 1 atom stereocenters. The molecular weight excluding hydrogens is 232 g/mol. The van der Waals surface area contributed by atoms with E-state index in [9.17, 15) is 0 Å². The van der Waals surface area contributed by atoms with Crippen LogP contribution in [0.3, 0.4) is 0 Å². The molecule has 2 nitrogen and oxygen atoms in total. The lowest BCUT2D eigenvalue weighted by atomic mass is 9.72. The molecule has 1 spiro atoms. The number of rotatable bonds is 4. The van der Waals surface area contributed by atoms with E-state index in [4.69, 9.17) is 0 Å². The van der Waals surface area contributed by atoms with Crippen LogP contribution in [0.5, 0.6) is 0 Å². The first-order valence-corrected chi connectivity index (χ1v) is 8.30. The van der Waals surface area contributed by atoms with Crippen LogP contribution in [0.1, 0.15) is 60.3 Å². The van der Waals surface area contributed by atoms with E-state index in [1.807, 2.05) is 0 Å². The van der Waals surface area contributed by atoms with Crippen LogP contribution in [0.25, 0.3) is 0 Å². The molecule has 0 amide bonds. The molecule has 0 aromatic heterocycles. The molecule has 2 aliphatic rings. The molecule has 2 saturated heterocycles. The normalized spacial score (nSPS) is 26.4. The van der Waals surface area contributed by atoms with Gasteiger partial charge in [0, 0.05) is 37.6 Å². The summed E-state index contributed by atoms with van der Waals surface area (Å²) < 4.78 is 0. The molecule has 112 valence electrons. The number of hydrogen-bond acceptors (Lipinski definition) is 2. The maximum atomic E-state index is 2.77. The second-order valence-corrected chi connectivity index (χ2v) is 8.42. The monoisotopic (exact) mass is 266 g/mol. The Morgan fingerprint density at radius 1 is 1.16 bits per heavy atom. The first-order chi connectivity index (χ1) is 8.84. The maximum Gasteiger partial charge on any atom is 0.00854 e. The minimum absolute atomic E-state index is 0.450. The molecule has 1 unspecified atom stereocenters. The van der Waals surface area contributed by atoms with Gasteiger partial charge in [-0.2, -0.15) is 0 Å². The van der Waals surface area contributed by atoms with E-state index in [-0.39, 0.29) is 0 Å². The van der Waals surface area contributed by atoms with E-state index in [0.29, 0.717) is 10.8 Å². The van der Waals surface area contributed by atoms with Crippen molar-refractivity contribution in [3.63, 3.8) is 0 Å². The first-order valence-electron chi connectivity index (χ1n) is 8.30. The second-order valence-electron chi connectivity index (χ2n) is 8.42. The van der Waals surface area contributed by atoms with Gasteiger partial charge in [0.15, 0.2) is 0 Å². The van der Waals surface area contributed by atoms with Gasteiger partial charge in [-0.15, -0.1) is 0 Å². The molecule has 2 aliphatic heterocycles. The van der Waals surface area contributed by atoms with E-state index in [1.54, 1.807) is 0 Å². The van der Waals surface area contributed by atoms with Crippen molar-refractivity contribution in [1.29, 1.82) is 0 Å². The van der Waals surface area contributed by atoms with Crippen molar-refractivity contribution in [1.82, 2.24) is 9.80 Å². The van der Waals surface area contributed by atoms with Gasteiger partial charge in [0.1, 0.15) is 0 Å². The van der Waals surface area contributed by atoms with Crippen molar-refractivity contribution < 1.29 is 0 Å². The zero-order chi connectivity index (χ0) is 14.1. The lowest BCUT2D eigenvalue weighted by molar-refractivity contribution is -0.0743. The van der Waals surface area contributed by atoms with Crippen LogP contribution in [0.15, 0.2) is 0 Å². The van der Waals surface area contributed by atoms with Crippen LogP contribution < -0.4 is 0 Å². The largest absolute Gasteiger partial charge is 0.302 e. The lowest BCUT2D eigenvalue weighted by Gasteiger charge is -2.57. The fourth-order valence-electron chi connectivity index (χ4n) is 4.17. The number of piperidine rings is 1. The predicted molar refractivity (Wildman–Crippen MR) is 83.5 cm³/mol. The summed E-state index contributed by atoms with van der Waals surface area (Å²) in [5, 5.41) is 0. The van der Waals surface area contributed by atoms with Gasteiger partial charge in [0.2, 0.25) is 0 Å². The molecular formula is C17H34N2. The van der Waals surface area contributed by atoms with Crippen LogP contribution in [0.4, 0.5) is 0 Å². The summed E-state index contributed by atoms with van der Waals surface area (Å²) in [6.45, 7) is 18.5. The smallest absolute Gasteiger partial charge is 0.00854 e. The highest BCUT2D eigenvalue weighted by Gasteiger charge is 2.46. The van der Waals surface area contributed by atoms with Gasteiger partial charge >= 0.3 is 0 Å². The molecule has 19 heavy (non-hydrogen) atoms. The molecule has 0 radical (unpaired) electrons. The Morgan fingerprint density at radius 3 is 2.42 bits per heavy atom. The van der Waals surface area contributed by atoms with Crippen molar-refractivity contribution in [2.24, 2.45) is 10.8 Å². The summed E-state index contributed by atoms with van der Waals surface area (Å²) >= 11 is 0. The molecule has 0 aliphatic carbocycles. The van der Waals surface area contributed by atoms with E-state index in [1.165, 1.54) is 58.4 Å². The number of likely N-dealkylation sites (tertiary alicyclic amines) is 2. The third-order valence-electron chi connectivity index (χ3n) is 4.84. The Balaban J connectivity index is 1.83. The summed E-state index contributed by atoms with van der Waals surface area (Å²) in [7, 11) is 0. The van der Waals surface area contributed by atoms with Crippen LogP contribution >= 0.6 is 0 Å². The second kappa shape index (κ2) is 5.73. The van der Waals surface area contributed by atoms with Gasteiger partial charge in [-0.3, -0.25) is 0 Å². The Bertz CT molecular complexity index is 286. The highest BCUT2D eigenvalue weighted by Crippen LogP contribution is 2.40. The van der Waals surface area contributed by atoms with Gasteiger partial charge in [-0.1, -0.05) is 34.1 Å². The lowest BCUT2D eigenvalue weighted by Crippen LogP contribution is -2.64. The Morgan fingerprint density at radius 2 is 1.84 bits per heavy atom. The standard InChI is InChI=1S/C17H34N2/c1-6-8-15(2)19-10-7-9-17(14-19)12-18(13-17)11-16(3,4)5/h15H,6-14H2,1-5H3. The minimum atomic E-state index is 0.450. The Kier molecular flexibility index (Phi) is 4.62. The SMILES string of the molecule is CCCC(C)N1CCCC2(CN(CC(C)(C)C)C2)C1. The van der Waals surface area contributed by atoms with Crippen molar-refractivity contribution >= 4 is 0 Å². The molecule has 2 heteroatoms. The van der Waals surface area contributed by atoms with Gasteiger partial charge in [-0.25, -0.2) is 0 Å². The Hall–Kier alpha value is -0.0800. The molecule has 2 heterocycles. The molecule has 2 fully saturated rings. The minimum Gasteiger partial charge on any atom is -0.302 e. The van der Waals surface area contributed by atoms with E-state index >= 15 is 0 Å². The summed E-state index contributed by atoms with van der Waals surface area (Å²) in [5.74, 6) is 0. The number of nitrogens with zero attached hydrogens (tertiary/aromatic N) is 2. The fraction of sp³-hybridized carbons (Fsp3) is 1.00. The van der Waals surface area contributed by atoms with Crippen LogP contribution in [-0.2, 0) is 0 Å². The molecule has 0 aromatic carbocycles. The highest BCUT2D eigenvalue weighted by atomic mass is 15.3. The molecule has 2 rings (SSSR count). The zero-order valence-corrected chi connectivity index (χ0v) is 13.8. The van der Waals surface area contributed by atoms with E-state index in [2.05, 4.69) is 44.4 Å². The van der Waals surface area contributed by atoms with Gasteiger partial charge in [0.25, 0.3) is 0 Å². The average Bonchev–Trinajstić information content (AvgIpc) is 2.25. The summed E-state index contributed by atoms with van der Waals surface area (Å²) in [5.41, 5.74) is 1.09. The van der Waals surface area contributed by atoms with Crippen molar-refractivity contribution in [2.75, 3.05) is 32.7 Å². The maximum absolute atomic E-state index is 2.77. The van der Waals surface area contributed by atoms with Crippen LogP contribution in [0.2, 0.25) is 0 Å². The number of hydrogen-bond donors (Lipinski definition) is 0. The summed E-state index contributed by atoms with van der Waals surface area (Å²) in [4.78, 5) is 5.44. The average molecular weight is 266 g/mol. The zero-order valence-electron chi connectivity index (χ0n) is 13.8. The predicted octanol–water partition coefficient (Wildman–Crippen LogP) is 3.62. The molecule has 0 saturated carbocycles. The molecule has 0 aromatic rings. The van der Waals surface area contributed by atoms with E-state index in [0.717, 1.165) is 6.04 Å². The highest BCUT2D eigenvalue weighted by molar-refractivity contribution is 5.00. The molecule has 0 N–H and O–H groups in total. The van der Waals surface area contributed by atoms with Gasteiger partial charge in [-0.05, 0) is 38.1 Å². The van der Waals surface area contributed by atoms with Crippen molar-refractivity contribution in [3.8, 4) is 0 Å². The third kappa shape index (κ3) is 3.95. The van der Waals surface area contributed by atoms with E-state index < -0.39 is 0 Å². The van der Waals surface area contributed by atoms with Crippen molar-refractivity contribution in [3.05, 3.63) is 0 Å². The Labute approximate surface area is 120 Å². The molecule has 0 bridgehead atoms. The third-order valence-corrected chi connectivity index (χ3v) is 4.84. The van der Waals surface area contributed by atoms with Crippen LogP contribution in [0, 0.1) is 10.8 Å². The summed E-state index contributed by atoms with van der Waals surface area (Å²) in [6.07, 6.45) is 5.56. The van der Waals surface area contributed by atoms with Gasteiger partial charge in [0.05, 0.1) is 0 Å². The summed E-state index contributed by atoms with van der Waals surface area (Å²) in [6, 6.07) is 0.791.